The normalized spacial score (nSPS) is 11.3. The number of nitrogens with one attached hydrogen (secondary N) is 1. The van der Waals surface area contributed by atoms with E-state index < -0.39 is 11.6 Å². The summed E-state index contributed by atoms with van der Waals surface area (Å²) >= 11 is 0. The van der Waals surface area contributed by atoms with Crippen LogP contribution in [0.25, 0.3) is 33.4 Å². The minimum absolute atomic E-state index is 0.300. The van der Waals surface area contributed by atoms with Crippen LogP contribution in [-0.2, 0) is 13.6 Å². The number of nitrogens with zero attached hydrogens (tertiary/aromatic N) is 5. The van der Waals surface area contributed by atoms with Crippen molar-refractivity contribution in [2.24, 2.45) is 7.05 Å². The number of imidazole rings is 1. The van der Waals surface area contributed by atoms with Crippen LogP contribution in [-0.4, -0.2) is 30.6 Å². The minimum Gasteiger partial charge on any atom is -0.368 e. The second kappa shape index (κ2) is 8.70. The molecular weight excluding hydrogens is 434 g/mol. The zero-order valence-electron chi connectivity index (χ0n) is 19.2. The van der Waals surface area contributed by atoms with Gasteiger partial charge in [-0.15, -0.1) is 0 Å². The molecular formula is C26H24F2N6. The summed E-state index contributed by atoms with van der Waals surface area (Å²) in [5.74, 6) is -0.975. The maximum absolute atomic E-state index is 14.5. The second-order valence-corrected chi connectivity index (χ2v) is 8.37. The fraction of sp³-hybridized carbons (Fsp3) is 0.192. The number of fused-ring (bicyclic) bond motifs is 1. The smallest absolute Gasteiger partial charge is 0.183 e. The first-order valence-electron chi connectivity index (χ1n) is 11.0. The van der Waals surface area contributed by atoms with Crippen LogP contribution in [0.5, 0.6) is 0 Å². The molecule has 1 N–H and O–H groups in total. The third kappa shape index (κ3) is 3.91. The van der Waals surface area contributed by atoms with Gasteiger partial charge in [-0.3, -0.25) is 0 Å². The number of hydrogen-bond acceptors (Lipinski definition) is 4. The molecule has 5 aromatic rings. The average molecular weight is 459 g/mol. The summed E-state index contributed by atoms with van der Waals surface area (Å²) in [6.45, 7) is 4.65. The van der Waals surface area contributed by atoms with E-state index in [1.807, 2.05) is 61.1 Å². The van der Waals surface area contributed by atoms with Gasteiger partial charge in [0.05, 0.1) is 29.4 Å². The predicted molar refractivity (Wildman–Crippen MR) is 129 cm³/mol. The largest absolute Gasteiger partial charge is 0.368 e. The van der Waals surface area contributed by atoms with Gasteiger partial charge in [0.2, 0.25) is 0 Å². The predicted octanol–water partition coefficient (Wildman–Crippen LogP) is 5.51. The molecule has 0 amide bonds. The molecule has 172 valence electrons. The lowest BCUT2D eigenvalue weighted by Gasteiger charge is -2.12. The first-order chi connectivity index (χ1) is 16.4. The highest BCUT2D eigenvalue weighted by Gasteiger charge is 2.16. The van der Waals surface area contributed by atoms with E-state index in [-0.39, 0.29) is 0 Å². The molecule has 0 fully saturated rings. The van der Waals surface area contributed by atoms with Crippen LogP contribution in [0.3, 0.4) is 0 Å². The van der Waals surface area contributed by atoms with Gasteiger partial charge in [0, 0.05) is 42.8 Å². The van der Waals surface area contributed by atoms with Crippen LogP contribution in [0.4, 0.5) is 14.6 Å². The number of aryl methyl sites for hydroxylation is 3. The van der Waals surface area contributed by atoms with Crippen molar-refractivity contribution >= 4 is 16.7 Å². The van der Waals surface area contributed by atoms with Crippen molar-refractivity contribution in [3.8, 4) is 22.5 Å². The summed E-state index contributed by atoms with van der Waals surface area (Å²) in [6.07, 6.45) is 5.12. The molecule has 3 heterocycles. The summed E-state index contributed by atoms with van der Waals surface area (Å²) in [6, 6.07) is 13.1. The van der Waals surface area contributed by atoms with Crippen LogP contribution in [0, 0.1) is 25.5 Å². The number of aromatic nitrogens is 5. The van der Waals surface area contributed by atoms with E-state index in [0.29, 0.717) is 24.4 Å². The molecule has 0 unspecified atom stereocenters. The van der Waals surface area contributed by atoms with Gasteiger partial charge in [-0.25, -0.2) is 23.7 Å². The standard InChI is InChI=1S/C26H24F2N6/c1-16-10-21(27)25(28)26-20(16)11-17(2)34(26)9-8-30-24-12-22(31-14-32-24)18-4-6-19(7-5-18)23-13-29-15-33(23)3/h4-7,10-15H,8-9H2,1-3H3,(H,30,31,32). The Morgan fingerprint density at radius 3 is 2.47 bits per heavy atom. The van der Waals surface area contributed by atoms with Crippen molar-refractivity contribution in [1.29, 1.82) is 0 Å². The molecule has 0 spiro atoms. The van der Waals surface area contributed by atoms with Gasteiger partial charge in [-0.2, -0.15) is 0 Å². The first-order valence-corrected chi connectivity index (χ1v) is 11.0. The summed E-state index contributed by atoms with van der Waals surface area (Å²) < 4.78 is 32.3. The molecule has 0 aliphatic rings. The minimum atomic E-state index is -0.827. The molecule has 5 rings (SSSR count). The molecule has 34 heavy (non-hydrogen) atoms. The van der Waals surface area contributed by atoms with Gasteiger partial charge in [0.25, 0.3) is 0 Å². The number of rotatable bonds is 6. The van der Waals surface area contributed by atoms with Gasteiger partial charge in [0.1, 0.15) is 12.1 Å². The Morgan fingerprint density at radius 2 is 1.74 bits per heavy atom. The fourth-order valence-electron chi connectivity index (χ4n) is 4.30. The van der Waals surface area contributed by atoms with Crippen LogP contribution in [0.2, 0.25) is 0 Å². The molecule has 0 aliphatic carbocycles. The Labute approximate surface area is 195 Å². The fourth-order valence-corrected chi connectivity index (χ4v) is 4.30. The van der Waals surface area contributed by atoms with Gasteiger partial charge < -0.3 is 14.5 Å². The zero-order chi connectivity index (χ0) is 23.8. The summed E-state index contributed by atoms with van der Waals surface area (Å²) in [4.78, 5) is 12.9. The number of hydrogen-bond donors (Lipinski definition) is 1. The van der Waals surface area contributed by atoms with Crippen LogP contribution in [0.15, 0.2) is 61.3 Å². The summed E-state index contributed by atoms with van der Waals surface area (Å²) in [5, 5.41) is 4.01. The Bertz CT molecular complexity index is 1480. The van der Waals surface area contributed by atoms with Crippen molar-refractivity contribution in [2.75, 3.05) is 11.9 Å². The average Bonchev–Trinajstić information content (AvgIpc) is 3.41. The highest BCUT2D eigenvalue weighted by atomic mass is 19.2. The van der Waals surface area contributed by atoms with Gasteiger partial charge >= 0.3 is 0 Å². The van der Waals surface area contributed by atoms with E-state index in [2.05, 4.69) is 20.3 Å². The number of benzene rings is 2. The Kier molecular flexibility index (Phi) is 5.57. The Balaban J connectivity index is 1.32. The highest BCUT2D eigenvalue weighted by Crippen LogP contribution is 2.28. The van der Waals surface area contributed by atoms with E-state index in [0.717, 1.165) is 39.2 Å². The molecule has 0 bridgehead atoms. The Hall–Kier alpha value is -4.07. The first kappa shape index (κ1) is 21.8. The van der Waals surface area contributed by atoms with Crippen molar-refractivity contribution in [3.63, 3.8) is 0 Å². The van der Waals surface area contributed by atoms with Gasteiger partial charge in [0.15, 0.2) is 11.6 Å². The lowest BCUT2D eigenvalue weighted by Crippen LogP contribution is -2.13. The third-order valence-corrected chi connectivity index (χ3v) is 6.09. The second-order valence-electron chi connectivity index (χ2n) is 8.37. The molecule has 0 aliphatic heterocycles. The molecule has 0 atom stereocenters. The molecule has 0 saturated heterocycles. The molecule has 2 aromatic carbocycles. The van der Waals surface area contributed by atoms with Crippen molar-refractivity contribution < 1.29 is 8.78 Å². The van der Waals surface area contributed by atoms with E-state index in [1.54, 1.807) is 17.8 Å². The zero-order valence-corrected chi connectivity index (χ0v) is 19.2. The van der Waals surface area contributed by atoms with Crippen LogP contribution in [0.1, 0.15) is 11.3 Å². The van der Waals surface area contributed by atoms with Crippen LogP contribution < -0.4 is 5.32 Å². The third-order valence-electron chi connectivity index (χ3n) is 6.09. The number of anilines is 1. The maximum Gasteiger partial charge on any atom is 0.183 e. The highest BCUT2D eigenvalue weighted by molar-refractivity contribution is 5.85. The van der Waals surface area contributed by atoms with Gasteiger partial charge in [-0.05, 0) is 37.1 Å². The summed E-state index contributed by atoms with van der Waals surface area (Å²) in [5.41, 5.74) is 5.77. The van der Waals surface area contributed by atoms with E-state index in [4.69, 9.17) is 0 Å². The molecule has 3 aromatic heterocycles. The SMILES string of the molecule is Cc1cc(F)c(F)c2c1cc(C)n2CCNc1cc(-c2ccc(-c3cncn3C)cc2)ncn1. The van der Waals surface area contributed by atoms with Crippen molar-refractivity contribution in [1.82, 2.24) is 24.1 Å². The van der Waals surface area contributed by atoms with E-state index in [9.17, 15) is 8.78 Å². The lowest BCUT2D eigenvalue weighted by molar-refractivity contribution is 0.510. The monoisotopic (exact) mass is 458 g/mol. The maximum atomic E-state index is 14.5. The lowest BCUT2D eigenvalue weighted by atomic mass is 10.1. The van der Waals surface area contributed by atoms with Crippen LogP contribution >= 0.6 is 0 Å². The Morgan fingerprint density at radius 1 is 0.971 bits per heavy atom. The topological polar surface area (TPSA) is 60.6 Å². The molecule has 0 radical (unpaired) electrons. The van der Waals surface area contributed by atoms with E-state index >= 15 is 0 Å². The van der Waals surface area contributed by atoms with Crippen molar-refractivity contribution in [2.45, 2.75) is 20.4 Å². The van der Waals surface area contributed by atoms with E-state index in [1.165, 1.54) is 12.4 Å². The number of halogens is 2. The molecule has 8 heteroatoms. The molecule has 0 saturated carbocycles. The summed E-state index contributed by atoms with van der Waals surface area (Å²) in [7, 11) is 1.96. The molecule has 6 nitrogen and oxygen atoms in total. The van der Waals surface area contributed by atoms with Crippen molar-refractivity contribution in [3.05, 3.63) is 84.2 Å². The quantitative estimate of drug-likeness (QED) is 0.365. The van der Waals surface area contributed by atoms with Gasteiger partial charge in [-0.1, -0.05) is 24.3 Å².